The third-order valence-corrected chi connectivity index (χ3v) is 6.30. The summed E-state index contributed by atoms with van der Waals surface area (Å²) < 4.78 is 16.1. The molecule has 1 atom stereocenters. The summed E-state index contributed by atoms with van der Waals surface area (Å²) >= 11 is 0. The van der Waals surface area contributed by atoms with Crippen LogP contribution in [0.2, 0.25) is 0 Å². The van der Waals surface area contributed by atoms with Crippen molar-refractivity contribution < 1.29 is 28.6 Å². The number of fused-ring (bicyclic) bond motifs is 5. The molecule has 3 aromatic rings. The second-order valence-corrected chi connectivity index (χ2v) is 8.19. The average Bonchev–Trinajstić information content (AvgIpc) is 3.20. The minimum absolute atomic E-state index is 0.00684. The molecule has 2 aromatic carbocycles. The van der Waals surface area contributed by atoms with Gasteiger partial charge in [-0.25, -0.2) is 4.98 Å². The molecule has 0 aliphatic carbocycles. The molecule has 184 valence electrons. The second kappa shape index (κ2) is 9.21. The molecular formula is C26H24N4O6. The monoisotopic (exact) mass is 488 g/mol. The fourth-order valence-corrected chi connectivity index (χ4v) is 4.73. The Morgan fingerprint density at radius 3 is 2.53 bits per heavy atom. The molecule has 0 unspecified atom stereocenters. The van der Waals surface area contributed by atoms with E-state index in [1.807, 2.05) is 0 Å². The van der Waals surface area contributed by atoms with Crippen molar-refractivity contribution in [2.24, 2.45) is 0 Å². The number of para-hydroxylation sites is 1. The van der Waals surface area contributed by atoms with E-state index in [0.29, 0.717) is 39.6 Å². The Balaban J connectivity index is 1.50. The van der Waals surface area contributed by atoms with E-state index >= 15 is 0 Å². The highest BCUT2D eigenvalue weighted by Crippen LogP contribution is 2.49. The van der Waals surface area contributed by atoms with Crippen LogP contribution in [0.4, 0.5) is 11.4 Å². The van der Waals surface area contributed by atoms with Gasteiger partial charge in [0.05, 0.1) is 38.1 Å². The van der Waals surface area contributed by atoms with E-state index in [1.165, 1.54) is 26.2 Å². The number of carbonyl (C=O) groups excluding carboxylic acids is 3. The molecule has 5 rings (SSSR count). The molecule has 1 aromatic heterocycles. The molecule has 0 radical (unpaired) electrons. The highest BCUT2D eigenvalue weighted by atomic mass is 16.5. The van der Waals surface area contributed by atoms with Gasteiger partial charge >= 0.3 is 0 Å². The Morgan fingerprint density at radius 2 is 1.78 bits per heavy atom. The number of methoxy groups -OCH3 is 3. The molecule has 0 saturated carbocycles. The Labute approximate surface area is 207 Å². The van der Waals surface area contributed by atoms with Crippen LogP contribution in [0.5, 0.6) is 17.4 Å². The maximum absolute atomic E-state index is 13.7. The summed E-state index contributed by atoms with van der Waals surface area (Å²) in [5, 5.41) is 2.77. The summed E-state index contributed by atoms with van der Waals surface area (Å²) in [6.45, 7) is 0.0732. The van der Waals surface area contributed by atoms with Gasteiger partial charge in [0, 0.05) is 24.7 Å². The molecule has 0 bridgehead atoms. The van der Waals surface area contributed by atoms with Crippen molar-refractivity contribution >= 4 is 29.1 Å². The van der Waals surface area contributed by atoms with Gasteiger partial charge in [-0.05, 0) is 30.3 Å². The van der Waals surface area contributed by atoms with Gasteiger partial charge in [0.1, 0.15) is 11.9 Å². The molecule has 2 aliphatic rings. The number of amides is 3. The number of hydrogen-bond donors (Lipinski definition) is 1. The summed E-state index contributed by atoms with van der Waals surface area (Å²) in [7, 11) is 4.43. The number of carbonyl (C=O) groups is 3. The van der Waals surface area contributed by atoms with Crippen LogP contribution in [0.1, 0.15) is 38.9 Å². The Hall–Kier alpha value is -4.60. The van der Waals surface area contributed by atoms with Gasteiger partial charge in [0.2, 0.25) is 11.8 Å². The van der Waals surface area contributed by atoms with Crippen LogP contribution in [-0.2, 0) is 4.79 Å². The first-order valence-electron chi connectivity index (χ1n) is 11.3. The molecule has 36 heavy (non-hydrogen) atoms. The van der Waals surface area contributed by atoms with Crippen LogP contribution >= 0.6 is 0 Å². The van der Waals surface area contributed by atoms with Gasteiger partial charge < -0.3 is 24.4 Å². The number of aromatic nitrogens is 1. The number of hydrogen-bond acceptors (Lipinski definition) is 7. The van der Waals surface area contributed by atoms with Crippen LogP contribution in [0, 0.1) is 0 Å². The third kappa shape index (κ3) is 3.58. The predicted octanol–water partition coefficient (Wildman–Crippen LogP) is 3.25. The van der Waals surface area contributed by atoms with Crippen molar-refractivity contribution in [1.29, 1.82) is 0 Å². The van der Waals surface area contributed by atoms with E-state index in [0.717, 1.165) is 0 Å². The zero-order valence-corrected chi connectivity index (χ0v) is 20.0. The summed E-state index contributed by atoms with van der Waals surface area (Å²) in [5.41, 5.74) is 2.27. The zero-order valence-electron chi connectivity index (χ0n) is 20.0. The molecule has 3 amide bonds. The van der Waals surface area contributed by atoms with Gasteiger partial charge in [-0.15, -0.1) is 0 Å². The van der Waals surface area contributed by atoms with Gasteiger partial charge in [-0.3, -0.25) is 19.3 Å². The number of ether oxygens (including phenoxy) is 3. The molecule has 3 heterocycles. The van der Waals surface area contributed by atoms with E-state index in [-0.39, 0.29) is 36.6 Å². The minimum Gasteiger partial charge on any atom is -0.493 e. The summed E-state index contributed by atoms with van der Waals surface area (Å²) in [6, 6.07) is 13.8. The van der Waals surface area contributed by atoms with Crippen molar-refractivity contribution in [1.82, 2.24) is 9.88 Å². The quantitative estimate of drug-likeness (QED) is 0.544. The molecule has 10 nitrogen and oxygen atoms in total. The first kappa shape index (κ1) is 23.2. The molecule has 10 heteroatoms. The molecule has 0 fully saturated rings. The first-order chi connectivity index (χ1) is 17.5. The van der Waals surface area contributed by atoms with Crippen LogP contribution in [0.15, 0.2) is 54.7 Å². The summed E-state index contributed by atoms with van der Waals surface area (Å²) in [6.07, 6.45) is 0.827. The normalized spacial score (nSPS) is 15.7. The highest BCUT2D eigenvalue weighted by Gasteiger charge is 2.49. The molecule has 1 N–H and O–H groups in total. The maximum Gasteiger partial charge on any atom is 0.264 e. The molecule has 2 aliphatic heterocycles. The van der Waals surface area contributed by atoms with Crippen molar-refractivity contribution in [3.05, 3.63) is 71.4 Å². The van der Waals surface area contributed by atoms with E-state index < -0.39 is 6.17 Å². The Bertz CT molecular complexity index is 1370. The van der Waals surface area contributed by atoms with Crippen molar-refractivity contribution in [2.45, 2.75) is 12.6 Å². The second-order valence-electron chi connectivity index (χ2n) is 8.19. The third-order valence-electron chi connectivity index (χ3n) is 6.30. The van der Waals surface area contributed by atoms with E-state index in [4.69, 9.17) is 14.2 Å². The highest BCUT2D eigenvalue weighted by molar-refractivity contribution is 6.18. The van der Waals surface area contributed by atoms with Crippen molar-refractivity contribution in [2.75, 3.05) is 38.1 Å². The van der Waals surface area contributed by atoms with Crippen molar-refractivity contribution in [3.8, 4) is 17.4 Å². The van der Waals surface area contributed by atoms with Crippen LogP contribution < -0.4 is 24.4 Å². The first-order valence-corrected chi connectivity index (χ1v) is 11.3. The number of pyridine rings is 1. The number of benzene rings is 2. The van der Waals surface area contributed by atoms with Gasteiger partial charge in [-0.1, -0.05) is 18.2 Å². The average molecular weight is 489 g/mol. The predicted molar refractivity (Wildman–Crippen MR) is 131 cm³/mol. The van der Waals surface area contributed by atoms with Crippen molar-refractivity contribution in [3.63, 3.8) is 0 Å². The lowest BCUT2D eigenvalue weighted by Crippen LogP contribution is -2.49. The van der Waals surface area contributed by atoms with E-state index in [2.05, 4.69) is 10.3 Å². The standard InChI is InChI=1S/C26H24N4O6/c1-34-19-11-10-16-21(22(19)35-2)26(33)30-18-9-5-4-7-15(18)25(32)29(24(16)30)14-12-20(31)28-17-8-6-13-27-23(17)36-3/h4-11,13,24H,12,14H2,1-3H3,(H,28,31)/t24-/m0/s1. The Kier molecular flexibility index (Phi) is 5.93. The smallest absolute Gasteiger partial charge is 0.264 e. The zero-order chi connectivity index (χ0) is 25.4. The minimum atomic E-state index is -0.726. The van der Waals surface area contributed by atoms with Crippen LogP contribution in [-0.4, -0.2) is 55.5 Å². The maximum atomic E-state index is 13.7. The fourth-order valence-electron chi connectivity index (χ4n) is 4.73. The fraction of sp³-hybridized carbons (Fsp3) is 0.231. The topological polar surface area (TPSA) is 110 Å². The summed E-state index contributed by atoms with van der Waals surface area (Å²) in [5.74, 6) is 0.114. The SMILES string of the molecule is COc1ccc2c(c1OC)C(=O)N1c3ccccc3C(=O)N(CCC(=O)Nc3cccnc3OC)[C@H]21. The van der Waals surface area contributed by atoms with E-state index in [1.54, 1.807) is 59.6 Å². The van der Waals surface area contributed by atoms with Crippen LogP contribution in [0.3, 0.4) is 0 Å². The number of nitrogens with one attached hydrogen (secondary N) is 1. The lowest BCUT2D eigenvalue weighted by atomic mass is 10.0. The summed E-state index contributed by atoms with van der Waals surface area (Å²) in [4.78, 5) is 47.3. The Morgan fingerprint density at radius 1 is 0.972 bits per heavy atom. The van der Waals surface area contributed by atoms with Gasteiger partial charge in [0.15, 0.2) is 11.5 Å². The number of anilines is 2. The molecule has 0 saturated heterocycles. The lowest BCUT2D eigenvalue weighted by molar-refractivity contribution is -0.116. The van der Waals surface area contributed by atoms with Gasteiger partial charge in [0.25, 0.3) is 11.8 Å². The molecular weight excluding hydrogens is 464 g/mol. The largest absolute Gasteiger partial charge is 0.493 e. The van der Waals surface area contributed by atoms with E-state index in [9.17, 15) is 14.4 Å². The number of rotatable bonds is 7. The number of nitrogens with zero attached hydrogens (tertiary/aromatic N) is 3. The lowest BCUT2D eigenvalue weighted by Gasteiger charge is -2.40. The molecule has 0 spiro atoms. The van der Waals surface area contributed by atoms with Crippen LogP contribution in [0.25, 0.3) is 0 Å². The van der Waals surface area contributed by atoms with Gasteiger partial charge in [-0.2, -0.15) is 0 Å².